The summed E-state index contributed by atoms with van der Waals surface area (Å²) in [5.41, 5.74) is 9.85. The summed E-state index contributed by atoms with van der Waals surface area (Å²) in [6, 6.07) is 16.5. The molecular weight excluding hydrogens is 286 g/mol. The fourth-order valence-electron chi connectivity index (χ4n) is 2.53. The predicted molar refractivity (Wildman–Crippen MR) is 98.1 cm³/mol. The average Bonchev–Trinajstić information content (AvgIpc) is 2.59. The number of nitrogens with zero attached hydrogens (tertiary/aromatic N) is 1. The minimum absolute atomic E-state index is 0.667. The molecule has 0 aliphatic rings. The lowest BCUT2D eigenvalue weighted by Crippen LogP contribution is -2.23. The highest BCUT2D eigenvalue weighted by Crippen LogP contribution is 2.26. The van der Waals surface area contributed by atoms with Crippen LogP contribution in [0.1, 0.15) is 26.3 Å². The molecule has 0 saturated carbocycles. The molecule has 0 atom stereocenters. The Morgan fingerprint density at radius 3 is 2.35 bits per heavy atom. The molecule has 0 unspecified atom stereocenters. The molecule has 2 N–H and O–H groups in total. The highest BCUT2D eigenvalue weighted by atomic mass is 16.5. The fraction of sp³-hybridized carbons (Fsp3) is 0.368. The summed E-state index contributed by atoms with van der Waals surface area (Å²) >= 11 is 0. The molecule has 23 heavy (non-hydrogen) atoms. The van der Waals surface area contributed by atoms with Crippen LogP contribution in [0.15, 0.2) is 48.5 Å². The lowest BCUT2D eigenvalue weighted by atomic mass is 10.1. The van der Waals surface area contributed by atoms with Crippen molar-refractivity contribution in [3.8, 4) is 5.75 Å². The summed E-state index contributed by atoms with van der Waals surface area (Å²) in [6.45, 7) is 9.71. The van der Waals surface area contributed by atoms with Crippen LogP contribution in [-0.2, 0) is 6.54 Å². The van der Waals surface area contributed by atoms with Gasteiger partial charge in [0, 0.05) is 42.6 Å². The van der Waals surface area contributed by atoms with Gasteiger partial charge in [0.15, 0.2) is 0 Å². The van der Waals surface area contributed by atoms with E-state index in [1.165, 1.54) is 5.69 Å². The maximum Gasteiger partial charge on any atom is 0.125 e. The van der Waals surface area contributed by atoms with E-state index in [4.69, 9.17) is 4.74 Å². The molecule has 0 amide bonds. The number of para-hydroxylation sites is 1. The van der Waals surface area contributed by atoms with E-state index in [9.17, 15) is 0 Å². The number of hydrazine groups is 1. The quantitative estimate of drug-likeness (QED) is 0.685. The highest BCUT2D eigenvalue weighted by molar-refractivity contribution is 5.54. The van der Waals surface area contributed by atoms with Gasteiger partial charge in [0.25, 0.3) is 0 Å². The lowest BCUT2D eigenvalue weighted by molar-refractivity contribution is 0.336. The Morgan fingerprint density at radius 2 is 1.70 bits per heavy atom. The van der Waals surface area contributed by atoms with Crippen LogP contribution in [0.3, 0.4) is 0 Å². The van der Waals surface area contributed by atoms with Crippen molar-refractivity contribution in [3.05, 3.63) is 54.1 Å². The van der Waals surface area contributed by atoms with E-state index in [1.807, 2.05) is 37.3 Å². The molecule has 2 aromatic carbocycles. The van der Waals surface area contributed by atoms with Crippen molar-refractivity contribution in [3.63, 3.8) is 0 Å². The molecule has 0 heterocycles. The Kier molecular flexibility index (Phi) is 6.76. The van der Waals surface area contributed by atoms with E-state index in [2.05, 4.69) is 47.8 Å². The molecule has 4 nitrogen and oxygen atoms in total. The molecule has 4 heteroatoms. The Bertz CT molecular complexity index is 582. The molecule has 2 aromatic rings. The summed E-state index contributed by atoms with van der Waals surface area (Å²) in [5.74, 6) is 0.944. The molecular formula is C19H27N3O. The van der Waals surface area contributed by atoms with Crippen molar-refractivity contribution in [1.82, 2.24) is 5.43 Å². The molecule has 124 valence electrons. The third kappa shape index (κ3) is 4.89. The molecule has 2 rings (SSSR count). The van der Waals surface area contributed by atoms with Crippen LogP contribution in [0.25, 0.3) is 0 Å². The van der Waals surface area contributed by atoms with E-state index in [0.29, 0.717) is 13.2 Å². The maximum atomic E-state index is 5.83. The van der Waals surface area contributed by atoms with Gasteiger partial charge in [-0.2, -0.15) is 0 Å². The molecule has 0 saturated heterocycles. The zero-order valence-electron chi connectivity index (χ0n) is 14.3. The van der Waals surface area contributed by atoms with Gasteiger partial charge in [-0.3, -0.25) is 0 Å². The normalized spacial score (nSPS) is 10.4. The average molecular weight is 313 g/mol. The van der Waals surface area contributed by atoms with Crippen LogP contribution >= 0.6 is 0 Å². The van der Waals surface area contributed by atoms with Crippen LogP contribution in [0.2, 0.25) is 0 Å². The molecule has 0 bridgehead atoms. The number of ether oxygens (including phenoxy) is 1. The summed E-state index contributed by atoms with van der Waals surface area (Å²) in [7, 11) is 0. The SMILES string of the molecule is CCOc1cc(N(CC)CC)ccc1CNNc1ccccc1. The Balaban J connectivity index is 2.05. The maximum absolute atomic E-state index is 5.83. The van der Waals surface area contributed by atoms with Gasteiger partial charge in [0.05, 0.1) is 6.61 Å². The van der Waals surface area contributed by atoms with Crippen LogP contribution in [-0.4, -0.2) is 19.7 Å². The van der Waals surface area contributed by atoms with Gasteiger partial charge in [0.2, 0.25) is 0 Å². The molecule has 0 aliphatic carbocycles. The van der Waals surface area contributed by atoms with Crippen LogP contribution in [0.4, 0.5) is 11.4 Å². The van der Waals surface area contributed by atoms with E-state index in [1.54, 1.807) is 0 Å². The molecule has 0 aliphatic heterocycles. The second-order valence-corrected chi connectivity index (χ2v) is 5.24. The third-order valence-corrected chi connectivity index (χ3v) is 3.76. The first-order chi connectivity index (χ1) is 11.3. The Hall–Kier alpha value is -2.20. The summed E-state index contributed by atoms with van der Waals surface area (Å²) < 4.78 is 5.83. The van der Waals surface area contributed by atoms with Crippen molar-refractivity contribution in [1.29, 1.82) is 0 Å². The fourth-order valence-corrected chi connectivity index (χ4v) is 2.53. The van der Waals surface area contributed by atoms with Gasteiger partial charge in [-0.05, 0) is 39.0 Å². The number of anilines is 2. The first-order valence-electron chi connectivity index (χ1n) is 8.33. The van der Waals surface area contributed by atoms with Crippen LogP contribution in [0.5, 0.6) is 5.75 Å². The van der Waals surface area contributed by atoms with Gasteiger partial charge in [-0.1, -0.05) is 24.3 Å². The van der Waals surface area contributed by atoms with Crippen molar-refractivity contribution in [2.75, 3.05) is 30.0 Å². The molecule has 0 fully saturated rings. The van der Waals surface area contributed by atoms with Crippen LogP contribution < -0.4 is 20.5 Å². The Labute approximate surface area is 139 Å². The number of nitrogens with one attached hydrogen (secondary N) is 2. The van der Waals surface area contributed by atoms with Gasteiger partial charge < -0.3 is 15.1 Å². The topological polar surface area (TPSA) is 36.5 Å². The number of benzene rings is 2. The largest absolute Gasteiger partial charge is 0.493 e. The number of hydrogen-bond acceptors (Lipinski definition) is 4. The van der Waals surface area contributed by atoms with E-state index in [-0.39, 0.29) is 0 Å². The zero-order chi connectivity index (χ0) is 16.5. The molecule has 0 radical (unpaired) electrons. The van der Waals surface area contributed by atoms with Crippen molar-refractivity contribution in [2.24, 2.45) is 0 Å². The highest BCUT2D eigenvalue weighted by Gasteiger charge is 2.08. The van der Waals surface area contributed by atoms with Crippen molar-refractivity contribution >= 4 is 11.4 Å². The van der Waals surface area contributed by atoms with Crippen LogP contribution in [0, 0.1) is 0 Å². The first kappa shape index (κ1) is 17.2. The van der Waals surface area contributed by atoms with Gasteiger partial charge in [0.1, 0.15) is 5.75 Å². The minimum Gasteiger partial charge on any atom is -0.493 e. The lowest BCUT2D eigenvalue weighted by Gasteiger charge is -2.23. The monoisotopic (exact) mass is 313 g/mol. The summed E-state index contributed by atoms with van der Waals surface area (Å²) in [4.78, 5) is 2.32. The minimum atomic E-state index is 0.667. The summed E-state index contributed by atoms with van der Waals surface area (Å²) in [6.07, 6.45) is 0. The smallest absolute Gasteiger partial charge is 0.125 e. The van der Waals surface area contributed by atoms with E-state index < -0.39 is 0 Å². The third-order valence-electron chi connectivity index (χ3n) is 3.76. The van der Waals surface area contributed by atoms with Crippen molar-refractivity contribution < 1.29 is 4.74 Å². The Morgan fingerprint density at radius 1 is 0.957 bits per heavy atom. The number of rotatable bonds is 9. The van der Waals surface area contributed by atoms with Gasteiger partial charge >= 0.3 is 0 Å². The molecule has 0 spiro atoms. The summed E-state index contributed by atoms with van der Waals surface area (Å²) in [5, 5.41) is 0. The van der Waals surface area contributed by atoms with Crippen molar-refractivity contribution in [2.45, 2.75) is 27.3 Å². The van der Waals surface area contributed by atoms with E-state index >= 15 is 0 Å². The predicted octanol–water partition coefficient (Wildman–Crippen LogP) is 4.05. The zero-order valence-corrected chi connectivity index (χ0v) is 14.3. The second kappa shape index (κ2) is 9.06. The van der Waals surface area contributed by atoms with Gasteiger partial charge in [-0.25, -0.2) is 5.43 Å². The second-order valence-electron chi connectivity index (χ2n) is 5.24. The van der Waals surface area contributed by atoms with Gasteiger partial charge in [-0.15, -0.1) is 0 Å². The van der Waals surface area contributed by atoms with E-state index in [0.717, 1.165) is 30.1 Å². The standard InChI is InChI=1S/C19H27N3O/c1-4-22(5-2)18-13-12-16(19(14-18)23-6-3)15-20-21-17-10-8-7-9-11-17/h7-14,20-21H,4-6,15H2,1-3H3. The first-order valence-corrected chi connectivity index (χ1v) is 8.33. The molecule has 0 aromatic heterocycles. The number of hydrogen-bond donors (Lipinski definition) is 2.